The monoisotopic (exact) mass is 490 g/mol. The highest BCUT2D eigenvalue weighted by atomic mass is 32.2. The van der Waals surface area contributed by atoms with Crippen molar-refractivity contribution in [1.82, 2.24) is 0 Å². The summed E-state index contributed by atoms with van der Waals surface area (Å²) >= 11 is 0. The average Bonchev–Trinajstić information content (AvgIpc) is 2.86. The lowest BCUT2D eigenvalue weighted by molar-refractivity contribution is -0.442. The van der Waals surface area contributed by atoms with E-state index in [0.717, 1.165) is 0 Å². The van der Waals surface area contributed by atoms with Crippen LogP contribution in [0.1, 0.15) is 51.5 Å². The summed E-state index contributed by atoms with van der Waals surface area (Å²) in [6.07, 6.45) is 0.347. The molecule has 0 aromatic heterocycles. The molecule has 0 saturated carbocycles. The lowest BCUT2D eigenvalue weighted by Crippen LogP contribution is -2.31. The summed E-state index contributed by atoms with van der Waals surface area (Å²) in [5.74, 6) is -8.14. The average molecular weight is 491 g/mol. The molecule has 0 fully saturated rings. The first kappa shape index (κ1) is 25.7. The van der Waals surface area contributed by atoms with E-state index in [2.05, 4.69) is 0 Å². The van der Waals surface area contributed by atoms with Crippen LogP contribution in [0.25, 0.3) is 0 Å². The maximum atomic E-state index is 14.8. The second kappa shape index (κ2) is 9.12. The van der Waals surface area contributed by atoms with Gasteiger partial charge < -0.3 is 0 Å². The van der Waals surface area contributed by atoms with Crippen molar-refractivity contribution in [2.75, 3.05) is 18.1 Å². The van der Waals surface area contributed by atoms with Crippen LogP contribution in [0.5, 0.6) is 0 Å². The number of hydrogen-bond acceptors (Lipinski definition) is 4. The number of rotatable bonds is 10. The smallest absolute Gasteiger partial charge is 0.264 e. The predicted octanol–water partition coefficient (Wildman–Crippen LogP) is 3.35. The molecule has 0 saturated heterocycles. The summed E-state index contributed by atoms with van der Waals surface area (Å²) in [6, 6.07) is 0. The van der Waals surface area contributed by atoms with Gasteiger partial charge in [-0.2, -0.15) is 25.8 Å². The SMILES string of the molecule is CC1=[N+](CCCCS(=O)(=O)O)c2c(F)c(F)c(F)c(F)c2C1(C)CCCCS(=O)(=O)O. The van der Waals surface area contributed by atoms with E-state index < -0.39 is 71.7 Å². The molecule has 0 bridgehead atoms. The maximum absolute atomic E-state index is 14.8. The van der Waals surface area contributed by atoms with Crippen LogP contribution in [-0.2, 0) is 25.7 Å². The number of unbranched alkanes of at least 4 members (excludes halogenated alkanes) is 2. The molecule has 1 aliphatic rings. The topological polar surface area (TPSA) is 112 Å². The fraction of sp³-hybridized carbons (Fsp3) is 0.611. The molecule has 0 spiro atoms. The van der Waals surface area contributed by atoms with Crippen molar-refractivity contribution in [2.45, 2.75) is 51.4 Å². The van der Waals surface area contributed by atoms with E-state index in [0.29, 0.717) is 5.71 Å². The summed E-state index contributed by atoms with van der Waals surface area (Å²) < 4.78 is 120. The van der Waals surface area contributed by atoms with Crippen LogP contribution in [0.4, 0.5) is 23.2 Å². The van der Waals surface area contributed by atoms with E-state index in [-0.39, 0.29) is 38.6 Å². The lowest BCUT2D eigenvalue weighted by atomic mass is 9.75. The molecule has 13 heteroatoms. The van der Waals surface area contributed by atoms with Crippen molar-refractivity contribution in [3.63, 3.8) is 0 Å². The Morgan fingerprint density at radius 3 is 1.81 bits per heavy atom. The second-order valence-electron chi connectivity index (χ2n) is 7.78. The zero-order valence-corrected chi connectivity index (χ0v) is 18.6. The molecule has 0 aliphatic carbocycles. The zero-order chi connectivity index (χ0) is 23.8. The Morgan fingerprint density at radius 2 is 1.29 bits per heavy atom. The number of benzene rings is 1. The first-order valence-corrected chi connectivity index (χ1v) is 12.7. The number of halogens is 4. The van der Waals surface area contributed by atoms with Gasteiger partial charge in [-0.15, -0.1) is 0 Å². The van der Waals surface area contributed by atoms with Crippen LogP contribution in [0.3, 0.4) is 0 Å². The van der Waals surface area contributed by atoms with Gasteiger partial charge in [0.05, 0.1) is 22.5 Å². The molecule has 0 amide bonds. The Hall–Kier alpha value is -1.57. The Morgan fingerprint density at radius 1 is 0.806 bits per heavy atom. The van der Waals surface area contributed by atoms with Gasteiger partial charge in [0.25, 0.3) is 25.9 Å². The third-order valence-electron chi connectivity index (χ3n) is 5.63. The van der Waals surface area contributed by atoms with Gasteiger partial charge in [0.1, 0.15) is 6.54 Å². The van der Waals surface area contributed by atoms with Crippen LogP contribution in [0.15, 0.2) is 0 Å². The van der Waals surface area contributed by atoms with Gasteiger partial charge in [-0.1, -0.05) is 6.42 Å². The van der Waals surface area contributed by atoms with Crippen LogP contribution < -0.4 is 0 Å². The fourth-order valence-corrected chi connectivity index (χ4v) is 5.06. The highest BCUT2D eigenvalue weighted by molar-refractivity contribution is 7.86. The van der Waals surface area contributed by atoms with E-state index in [1.165, 1.54) is 18.4 Å². The molecular formula is C18H24F4NO6S2+. The molecule has 1 heterocycles. The van der Waals surface area contributed by atoms with Gasteiger partial charge in [0.2, 0.25) is 11.6 Å². The van der Waals surface area contributed by atoms with Crippen molar-refractivity contribution >= 4 is 31.6 Å². The van der Waals surface area contributed by atoms with Gasteiger partial charge >= 0.3 is 0 Å². The van der Waals surface area contributed by atoms with E-state index >= 15 is 0 Å². The van der Waals surface area contributed by atoms with Crippen molar-refractivity contribution in [2.24, 2.45) is 0 Å². The maximum Gasteiger partial charge on any atom is 0.264 e. The first-order valence-electron chi connectivity index (χ1n) is 9.48. The zero-order valence-electron chi connectivity index (χ0n) is 17.0. The van der Waals surface area contributed by atoms with Crippen molar-refractivity contribution in [1.29, 1.82) is 0 Å². The molecule has 2 N–H and O–H groups in total. The fourth-order valence-electron chi connectivity index (χ4n) is 3.93. The van der Waals surface area contributed by atoms with Gasteiger partial charge in [0.15, 0.2) is 17.3 Å². The standard InChI is InChI=1S/C18H23F4NO6S2/c1-11-18(2,7-3-5-9-30(24,25)26)12-13(19)14(20)15(21)16(22)17(12)23(11)8-4-6-10-31(27,28)29/h3-10H2,1-2H3,(H-,24,25,26,27,28,29)/p+1. The highest BCUT2D eigenvalue weighted by Gasteiger charge is 2.52. The minimum atomic E-state index is -4.21. The molecular weight excluding hydrogens is 466 g/mol. The summed E-state index contributed by atoms with van der Waals surface area (Å²) in [6.45, 7) is 2.96. The Labute approximate surface area is 178 Å². The van der Waals surface area contributed by atoms with Crippen LogP contribution in [0.2, 0.25) is 0 Å². The summed E-state index contributed by atoms with van der Waals surface area (Å²) in [5, 5.41) is 0. The number of hydrogen-bond donors (Lipinski definition) is 2. The number of fused-ring (bicyclic) bond motifs is 1. The van der Waals surface area contributed by atoms with Crippen LogP contribution in [0, 0.1) is 23.3 Å². The van der Waals surface area contributed by atoms with Crippen LogP contribution in [-0.4, -0.2) is 54.3 Å². The summed E-state index contributed by atoms with van der Waals surface area (Å²) in [7, 11) is -8.42. The van der Waals surface area contributed by atoms with E-state index in [9.17, 15) is 34.4 Å². The molecule has 1 aromatic rings. The highest BCUT2D eigenvalue weighted by Crippen LogP contribution is 2.47. The van der Waals surface area contributed by atoms with Crippen molar-refractivity contribution in [3.8, 4) is 0 Å². The lowest BCUT2D eigenvalue weighted by Gasteiger charge is -2.22. The minimum absolute atomic E-state index is 0.00318. The molecule has 1 aromatic carbocycles. The summed E-state index contributed by atoms with van der Waals surface area (Å²) in [4.78, 5) is 0. The second-order valence-corrected chi connectivity index (χ2v) is 10.9. The molecule has 31 heavy (non-hydrogen) atoms. The van der Waals surface area contributed by atoms with E-state index in [4.69, 9.17) is 9.11 Å². The molecule has 1 aliphatic heterocycles. The van der Waals surface area contributed by atoms with E-state index in [1.807, 2.05) is 0 Å². The van der Waals surface area contributed by atoms with Crippen molar-refractivity contribution in [3.05, 3.63) is 28.8 Å². The van der Waals surface area contributed by atoms with E-state index in [1.54, 1.807) is 0 Å². The largest absolute Gasteiger partial charge is 0.286 e. The molecule has 1 unspecified atom stereocenters. The third-order valence-corrected chi connectivity index (χ3v) is 7.24. The Kier molecular flexibility index (Phi) is 7.56. The number of nitrogens with zero attached hydrogens (tertiary/aromatic N) is 1. The Balaban J connectivity index is 2.43. The first-order chi connectivity index (χ1) is 14.1. The molecule has 0 radical (unpaired) electrons. The predicted molar refractivity (Wildman–Crippen MR) is 105 cm³/mol. The molecule has 2 rings (SSSR count). The third kappa shape index (κ3) is 5.62. The Bertz CT molecular complexity index is 1120. The normalized spacial score (nSPS) is 19.2. The van der Waals surface area contributed by atoms with Crippen LogP contribution >= 0.6 is 0 Å². The molecule has 7 nitrogen and oxygen atoms in total. The van der Waals surface area contributed by atoms with Gasteiger partial charge in [-0.05, 0) is 26.2 Å². The quantitative estimate of drug-likeness (QED) is 0.130. The van der Waals surface area contributed by atoms with Gasteiger partial charge in [-0.3, -0.25) is 9.11 Å². The molecule has 176 valence electrons. The molecule has 1 atom stereocenters. The van der Waals surface area contributed by atoms with Gasteiger partial charge in [-0.25, -0.2) is 13.2 Å². The minimum Gasteiger partial charge on any atom is -0.286 e. The summed E-state index contributed by atoms with van der Waals surface area (Å²) in [5.41, 5.74) is -1.83. The van der Waals surface area contributed by atoms with Crippen molar-refractivity contribution < 1.29 is 48.1 Å². The van der Waals surface area contributed by atoms with Gasteiger partial charge in [0, 0.05) is 13.3 Å².